The smallest absolute Gasteiger partial charge is 0.140 e. The SMILES string of the molecule is NCCC#Cc1c(F)cccc1Cl. The highest BCUT2D eigenvalue weighted by atomic mass is 35.5. The second-order valence-electron chi connectivity index (χ2n) is 2.44. The zero-order chi connectivity index (χ0) is 9.68. The fourth-order valence-electron chi connectivity index (χ4n) is 0.840. The van der Waals surface area contributed by atoms with Gasteiger partial charge in [0.1, 0.15) is 5.82 Å². The Morgan fingerprint density at radius 2 is 2.23 bits per heavy atom. The van der Waals surface area contributed by atoms with E-state index in [0.717, 1.165) is 0 Å². The molecule has 68 valence electrons. The van der Waals surface area contributed by atoms with Gasteiger partial charge in [-0.2, -0.15) is 0 Å². The summed E-state index contributed by atoms with van der Waals surface area (Å²) >= 11 is 5.73. The number of benzene rings is 1. The molecule has 0 aliphatic heterocycles. The first-order valence-corrected chi connectivity index (χ1v) is 4.26. The summed E-state index contributed by atoms with van der Waals surface area (Å²) in [4.78, 5) is 0. The lowest BCUT2D eigenvalue weighted by molar-refractivity contribution is 0.624. The summed E-state index contributed by atoms with van der Waals surface area (Å²) in [5.41, 5.74) is 5.49. The van der Waals surface area contributed by atoms with E-state index in [2.05, 4.69) is 11.8 Å². The van der Waals surface area contributed by atoms with Gasteiger partial charge in [-0.15, -0.1) is 0 Å². The molecule has 13 heavy (non-hydrogen) atoms. The lowest BCUT2D eigenvalue weighted by Gasteiger charge is -1.95. The quantitative estimate of drug-likeness (QED) is 0.687. The molecule has 0 radical (unpaired) electrons. The molecule has 0 amide bonds. The largest absolute Gasteiger partial charge is 0.330 e. The minimum atomic E-state index is -0.392. The normalized spacial score (nSPS) is 9.15. The Kier molecular flexibility index (Phi) is 3.75. The van der Waals surface area contributed by atoms with Crippen molar-refractivity contribution < 1.29 is 4.39 Å². The minimum Gasteiger partial charge on any atom is -0.330 e. The van der Waals surface area contributed by atoms with E-state index in [1.54, 1.807) is 12.1 Å². The van der Waals surface area contributed by atoms with Crippen LogP contribution in [0.4, 0.5) is 4.39 Å². The van der Waals surface area contributed by atoms with Gasteiger partial charge >= 0.3 is 0 Å². The summed E-state index contributed by atoms with van der Waals surface area (Å²) in [6.07, 6.45) is 0.546. The molecule has 0 atom stereocenters. The number of hydrogen-bond acceptors (Lipinski definition) is 1. The van der Waals surface area contributed by atoms with E-state index in [1.165, 1.54) is 6.07 Å². The van der Waals surface area contributed by atoms with Crippen molar-refractivity contribution in [2.75, 3.05) is 6.54 Å². The lowest BCUT2D eigenvalue weighted by Crippen LogP contribution is -1.95. The van der Waals surface area contributed by atoms with Crippen LogP contribution in [0.2, 0.25) is 5.02 Å². The molecule has 1 rings (SSSR count). The Labute approximate surface area is 81.7 Å². The molecule has 0 bridgehead atoms. The van der Waals surface area contributed by atoms with Gasteiger partial charge in [-0.1, -0.05) is 29.5 Å². The molecule has 0 aliphatic rings. The molecule has 0 aromatic heterocycles. The van der Waals surface area contributed by atoms with E-state index in [4.69, 9.17) is 17.3 Å². The predicted octanol–water partition coefficient (Wildman–Crippen LogP) is 2.18. The second kappa shape index (κ2) is 4.86. The van der Waals surface area contributed by atoms with Gasteiger partial charge in [-0.3, -0.25) is 0 Å². The van der Waals surface area contributed by atoms with Gasteiger partial charge in [0.15, 0.2) is 0 Å². The lowest BCUT2D eigenvalue weighted by atomic mass is 10.2. The van der Waals surface area contributed by atoms with Crippen molar-refractivity contribution in [2.45, 2.75) is 6.42 Å². The summed E-state index contributed by atoms with van der Waals surface area (Å²) in [5, 5.41) is 0.338. The number of rotatable bonds is 1. The molecule has 1 aromatic rings. The van der Waals surface area contributed by atoms with E-state index in [1.807, 2.05) is 0 Å². The van der Waals surface area contributed by atoms with Crippen molar-refractivity contribution in [1.82, 2.24) is 0 Å². The van der Waals surface area contributed by atoms with Crippen molar-refractivity contribution in [3.8, 4) is 11.8 Å². The van der Waals surface area contributed by atoms with Crippen molar-refractivity contribution >= 4 is 11.6 Å². The van der Waals surface area contributed by atoms with Crippen LogP contribution < -0.4 is 5.73 Å². The van der Waals surface area contributed by atoms with Gasteiger partial charge in [0.05, 0.1) is 10.6 Å². The van der Waals surface area contributed by atoms with Crippen molar-refractivity contribution in [3.05, 3.63) is 34.6 Å². The summed E-state index contributed by atoms with van der Waals surface area (Å²) < 4.78 is 13.1. The Morgan fingerprint density at radius 1 is 1.46 bits per heavy atom. The molecule has 0 saturated heterocycles. The third-order valence-corrected chi connectivity index (χ3v) is 1.76. The average Bonchev–Trinajstić information content (AvgIpc) is 2.10. The zero-order valence-electron chi connectivity index (χ0n) is 6.98. The van der Waals surface area contributed by atoms with Gasteiger partial charge in [0.2, 0.25) is 0 Å². The fourth-order valence-corrected chi connectivity index (χ4v) is 1.05. The van der Waals surface area contributed by atoms with E-state index in [0.29, 0.717) is 18.0 Å². The van der Waals surface area contributed by atoms with E-state index in [9.17, 15) is 4.39 Å². The first kappa shape index (κ1) is 10.0. The Hall–Kier alpha value is -1.04. The van der Waals surface area contributed by atoms with Crippen molar-refractivity contribution in [1.29, 1.82) is 0 Å². The maximum atomic E-state index is 13.1. The van der Waals surface area contributed by atoms with Crippen LogP contribution in [-0.4, -0.2) is 6.54 Å². The highest BCUT2D eigenvalue weighted by molar-refractivity contribution is 6.31. The van der Waals surface area contributed by atoms with Crippen LogP contribution in [-0.2, 0) is 0 Å². The Balaban J connectivity index is 2.95. The molecule has 0 saturated carbocycles. The summed E-state index contributed by atoms with van der Waals surface area (Å²) in [7, 11) is 0. The molecule has 1 nitrogen and oxygen atoms in total. The second-order valence-corrected chi connectivity index (χ2v) is 2.84. The van der Waals surface area contributed by atoms with Crippen LogP contribution in [0.25, 0.3) is 0 Å². The van der Waals surface area contributed by atoms with Crippen LogP contribution >= 0.6 is 11.6 Å². The number of nitrogens with two attached hydrogens (primary N) is 1. The molecule has 0 unspecified atom stereocenters. The number of halogens is 2. The van der Waals surface area contributed by atoms with Crippen LogP contribution in [0, 0.1) is 17.7 Å². The Morgan fingerprint density at radius 3 is 2.85 bits per heavy atom. The molecule has 0 fully saturated rings. The first-order chi connectivity index (χ1) is 6.25. The van der Waals surface area contributed by atoms with Crippen LogP contribution in [0.5, 0.6) is 0 Å². The van der Waals surface area contributed by atoms with Gasteiger partial charge in [0.25, 0.3) is 0 Å². The molecule has 3 heteroatoms. The summed E-state index contributed by atoms with van der Waals surface area (Å²) in [6, 6.07) is 4.49. The minimum absolute atomic E-state index is 0.248. The fraction of sp³-hybridized carbons (Fsp3) is 0.200. The van der Waals surface area contributed by atoms with Gasteiger partial charge < -0.3 is 5.73 Å². The van der Waals surface area contributed by atoms with Crippen LogP contribution in [0.15, 0.2) is 18.2 Å². The molecular formula is C10H9ClFN. The number of hydrogen-bond donors (Lipinski definition) is 1. The third-order valence-electron chi connectivity index (χ3n) is 1.45. The molecule has 1 aromatic carbocycles. The van der Waals surface area contributed by atoms with Gasteiger partial charge in [-0.25, -0.2) is 4.39 Å². The maximum Gasteiger partial charge on any atom is 0.140 e. The van der Waals surface area contributed by atoms with Crippen LogP contribution in [0.3, 0.4) is 0 Å². The van der Waals surface area contributed by atoms with E-state index >= 15 is 0 Å². The standard InChI is InChI=1S/C10H9ClFN/c11-9-5-3-6-10(12)8(9)4-1-2-7-13/h3,5-6H,2,7,13H2. The molecule has 0 aliphatic carbocycles. The van der Waals surface area contributed by atoms with Crippen LogP contribution in [0.1, 0.15) is 12.0 Å². The zero-order valence-corrected chi connectivity index (χ0v) is 7.74. The third kappa shape index (κ3) is 2.73. The van der Waals surface area contributed by atoms with Gasteiger partial charge in [0, 0.05) is 13.0 Å². The highest BCUT2D eigenvalue weighted by Crippen LogP contribution is 2.17. The summed E-state index contributed by atoms with van der Waals surface area (Å²) in [6.45, 7) is 0.471. The molecule has 2 N–H and O–H groups in total. The van der Waals surface area contributed by atoms with Gasteiger partial charge in [-0.05, 0) is 12.1 Å². The summed E-state index contributed by atoms with van der Waals surface area (Å²) in [5.74, 6) is 4.99. The maximum absolute atomic E-state index is 13.1. The Bertz CT molecular complexity index is 331. The molecular weight excluding hydrogens is 189 g/mol. The van der Waals surface area contributed by atoms with Crippen molar-refractivity contribution in [3.63, 3.8) is 0 Å². The highest BCUT2D eigenvalue weighted by Gasteiger charge is 2.01. The monoisotopic (exact) mass is 197 g/mol. The van der Waals surface area contributed by atoms with E-state index in [-0.39, 0.29) is 5.56 Å². The first-order valence-electron chi connectivity index (χ1n) is 3.88. The molecule has 0 spiro atoms. The topological polar surface area (TPSA) is 26.0 Å². The predicted molar refractivity (Wildman–Crippen MR) is 52.0 cm³/mol. The average molecular weight is 198 g/mol. The van der Waals surface area contributed by atoms with E-state index < -0.39 is 5.82 Å². The molecule has 0 heterocycles. The van der Waals surface area contributed by atoms with Crippen molar-refractivity contribution in [2.24, 2.45) is 5.73 Å².